The van der Waals surface area contributed by atoms with Gasteiger partial charge in [-0.2, -0.15) is 0 Å². The van der Waals surface area contributed by atoms with Crippen LogP contribution in [0.25, 0.3) is 0 Å². The van der Waals surface area contributed by atoms with Crippen molar-refractivity contribution >= 4 is 5.91 Å². The molecule has 0 radical (unpaired) electrons. The van der Waals surface area contributed by atoms with Gasteiger partial charge in [-0.1, -0.05) is 18.2 Å². The van der Waals surface area contributed by atoms with Gasteiger partial charge in [0.2, 0.25) is 5.91 Å². The number of hydrogen-bond donors (Lipinski definition) is 0. The van der Waals surface area contributed by atoms with Crippen molar-refractivity contribution in [3.63, 3.8) is 0 Å². The number of rotatable bonds is 5. The molecule has 1 aliphatic heterocycles. The molecule has 5 nitrogen and oxygen atoms in total. The Balaban J connectivity index is 1.71. The number of amides is 1. The van der Waals surface area contributed by atoms with Crippen molar-refractivity contribution in [3.05, 3.63) is 64.1 Å². The van der Waals surface area contributed by atoms with E-state index in [1.165, 1.54) is 6.07 Å². The number of ether oxygens (including phenoxy) is 1. The van der Waals surface area contributed by atoms with E-state index in [2.05, 4.69) is 0 Å². The minimum Gasteiger partial charge on any atom is -0.497 e. The zero-order valence-corrected chi connectivity index (χ0v) is 14.8. The van der Waals surface area contributed by atoms with Gasteiger partial charge in [-0.25, -0.2) is 0 Å². The van der Waals surface area contributed by atoms with Crippen molar-refractivity contribution in [1.82, 2.24) is 9.47 Å². The largest absolute Gasteiger partial charge is 0.497 e. The molecule has 1 saturated heterocycles. The molecule has 0 aliphatic carbocycles. The Kier molecular flexibility index (Phi) is 5.22. The van der Waals surface area contributed by atoms with Crippen molar-refractivity contribution in [3.8, 4) is 5.75 Å². The maximum atomic E-state index is 12.8. The van der Waals surface area contributed by atoms with Gasteiger partial charge in [0, 0.05) is 31.3 Å². The molecule has 1 atom stereocenters. The van der Waals surface area contributed by atoms with Crippen LogP contribution >= 0.6 is 0 Å². The monoisotopic (exact) mass is 340 g/mol. The van der Waals surface area contributed by atoms with Crippen molar-refractivity contribution < 1.29 is 9.53 Å². The maximum Gasteiger partial charge on any atom is 0.250 e. The maximum absolute atomic E-state index is 12.8. The van der Waals surface area contributed by atoms with Gasteiger partial charge in [0.15, 0.2) is 0 Å². The number of carbonyl (C=O) groups is 1. The quantitative estimate of drug-likeness (QED) is 0.841. The van der Waals surface area contributed by atoms with Crippen LogP contribution in [0.3, 0.4) is 0 Å². The predicted octanol–water partition coefficient (Wildman–Crippen LogP) is 2.92. The fourth-order valence-corrected chi connectivity index (χ4v) is 3.52. The first kappa shape index (κ1) is 17.3. The fourth-order valence-electron chi connectivity index (χ4n) is 3.52. The number of nitrogens with zero attached hydrogens (tertiary/aromatic N) is 2. The number of benzene rings is 1. The first-order valence-electron chi connectivity index (χ1n) is 8.70. The van der Waals surface area contributed by atoms with E-state index in [1.54, 1.807) is 17.7 Å². The molecule has 0 unspecified atom stereocenters. The molecular formula is C20H24N2O3. The summed E-state index contributed by atoms with van der Waals surface area (Å²) >= 11 is 0. The van der Waals surface area contributed by atoms with Crippen LogP contribution in [0.4, 0.5) is 0 Å². The summed E-state index contributed by atoms with van der Waals surface area (Å²) in [5, 5.41) is 0. The normalized spacial score (nSPS) is 16.9. The molecule has 1 aromatic carbocycles. The van der Waals surface area contributed by atoms with E-state index >= 15 is 0 Å². The van der Waals surface area contributed by atoms with E-state index < -0.39 is 0 Å². The Morgan fingerprint density at radius 1 is 1.24 bits per heavy atom. The minimum atomic E-state index is -0.0569. The summed E-state index contributed by atoms with van der Waals surface area (Å²) in [5.74, 6) is 0.906. The van der Waals surface area contributed by atoms with Crippen molar-refractivity contribution in [2.75, 3.05) is 13.7 Å². The molecule has 1 aliphatic rings. The Bertz CT molecular complexity index is 813. The van der Waals surface area contributed by atoms with Crippen LogP contribution in [-0.4, -0.2) is 29.0 Å². The van der Waals surface area contributed by atoms with Crippen LogP contribution in [0.15, 0.2) is 47.3 Å². The number of aryl methyl sites for hydroxylation is 1. The lowest BCUT2D eigenvalue weighted by atomic mass is 10.0. The lowest BCUT2D eigenvalue weighted by Crippen LogP contribution is -2.32. The summed E-state index contributed by atoms with van der Waals surface area (Å²) in [7, 11) is 1.65. The Morgan fingerprint density at radius 2 is 2.04 bits per heavy atom. The van der Waals surface area contributed by atoms with Crippen LogP contribution in [0.5, 0.6) is 5.75 Å². The molecule has 3 rings (SSSR count). The number of carbonyl (C=O) groups excluding carboxylic acids is 1. The van der Waals surface area contributed by atoms with Gasteiger partial charge in [0.25, 0.3) is 5.56 Å². The molecule has 1 aromatic heterocycles. The molecular weight excluding hydrogens is 316 g/mol. The van der Waals surface area contributed by atoms with Crippen molar-refractivity contribution in [1.29, 1.82) is 0 Å². The highest BCUT2D eigenvalue weighted by Gasteiger charge is 2.29. The molecule has 132 valence electrons. The van der Waals surface area contributed by atoms with E-state index in [4.69, 9.17) is 4.74 Å². The summed E-state index contributed by atoms with van der Waals surface area (Å²) in [6, 6.07) is 13.2. The topological polar surface area (TPSA) is 51.5 Å². The third kappa shape index (κ3) is 3.76. The summed E-state index contributed by atoms with van der Waals surface area (Å²) in [6.45, 7) is 3.08. The van der Waals surface area contributed by atoms with Crippen LogP contribution in [0, 0.1) is 6.92 Å². The molecule has 2 heterocycles. The van der Waals surface area contributed by atoms with Gasteiger partial charge >= 0.3 is 0 Å². The number of pyridine rings is 1. The third-order valence-electron chi connectivity index (χ3n) is 4.87. The van der Waals surface area contributed by atoms with Gasteiger partial charge in [0.1, 0.15) is 5.75 Å². The smallest absolute Gasteiger partial charge is 0.250 e. The zero-order chi connectivity index (χ0) is 17.8. The van der Waals surface area contributed by atoms with Crippen LogP contribution in [0.1, 0.15) is 36.6 Å². The van der Waals surface area contributed by atoms with Gasteiger partial charge in [-0.3, -0.25) is 9.59 Å². The SMILES string of the molecule is COc1cccc([C@H]2CCCN2C(=O)CCn2c(C)cccc2=O)c1. The van der Waals surface area contributed by atoms with E-state index in [9.17, 15) is 9.59 Å². The zero-order valence-electron chi connectivity index (χ0n) is 14.8. The lowest BCUT2D eigenvalue weighted by Gasteiger charge is -2.25. The summed E-state index contributed by atoms with van der Waals surface area (Å²) < 4.78 is 6.96. The first-order valence-corrected chi connectivity index (χ1v) is 8.70. The minimum absolute atomic E-state index is 0.0569. The van der Waals surface area contributed by atoms with Crippen molar-refractivity contribution in [2.45, 2.75) is 38.8 Å². The second-order valence-electron chi connectivity index (χ2n) is 6.43. The van der Waals surface area contributed by atoms with Crippen LogP contribution < -0.4 is 10.3 Å². The molecule has 1 amide bonds. The van der Waals surface area contributed by atoms with E-state index in [0.717, 1.165) is 36.4 Å². The molecule has 0 spiro atoms. The molecule has 1 fully saturated rings. The predicted molar refractivity (Wildman–Crippen MR) is 96.7 cm³/mol. The molecule has 0 N–H and O–H groups in total. The van der Waals surface area contributed by atoms with Crippen LogP contribution in [0.2, 0.25) is 0 Å². The van der Waals surface area contributed by atoms with Gasteiger partial charge in [0.05, 0.1) is 13.2 Å². The summed E-state index contributed by atoms with van der Waals surface area (Å²) in [5.41, 5.74) is 1.93. The van der Waals surface area contributed by atoms with Gasteiger partial charge in [-0.15, -0.1) is 0 Å². The number of aromatic nitrogens is 1. The molecule has 0 saturated carbocycles. The number of hydrogen-bond acceptors (Lipinski definition) is 3. The Morgan fingerprint density at radius 3 is 2.80 bits per heavy atom. The average Bonchev–Trinajstić information content (AvgIpc) is 3.11. The third-order valence-corrected chi connectivity index (χ3v) is 4.87. The second-order valence-corrected chi connectivity index (χ2v) is 6.43. The van der Waals surface area contributed by atoms with E-state index in [1.807, 2.05) is 42.2 Å². The number of methoxy groups -OCH3 is 1. The highest BCUT2D eigenvalue weighted by molar-refractivity contribution is 5.77. The lowest BCUT2D eigenvalue weighted by molar-refractivity contribution is -0.132. The van der Waals surface area contributed by atoms with Crippen LogP contribution in [-0.2, 0) is 11.3 Å². The highest BCUT2D eigenvalue weighted by Crippen LogP contribution is 2.33. The Labute approximate surface area is 147 Å². The molecule has 2 aromatic rings. The molecule has 25 heavy (non-hydrogen) atoms. The van der Waals surface area contributed by atoms with E-state index in [0.29, 0.717) is 13.0 Å². The van der Waals surface area contributed by atoms with E-state index in [-0.39, 0.29) is 17.5 Å². The number of likely N-dealkylation sites (tertiary alicyclic amines) is 1. The first-order chi connectivity index (χ1) is 12.1. The molecule has 5 heteroatoms. The second kappa shape index (κ2) is 7.55. The summed E-state index contributed by atoms with van der Waals surface area (Å²) in [4.78, 5) is 26.7. The Hall–Kier alpha value is -2.56. The standard InChI is InChI=1S/C20H24N2O3/c1-15-6-3-10-19(23)21(15)13-11-20(24)22-12-5-9-18(22)16-7-4-8-17(14-16)25-2/h3-4,6-8,10,14,18H,5,9,11-13H2,1-2H3/t18-/m1/s1. The molecule has 0 bridgehead atoms. The fraction of sp³-hybridized carbons (Fsp3) is 0.400. The summed E-state index contributed by atoms with van der Waals surface area (Å²) in [6.07, 6.45) is 2.30. The highest BCUT2D eigenvalue weighted by atomic mass is 16.5. The van der Waals surface area contributed by atoms with Gasteiger partial charge in [-0.05, 0) is 43.5 Å². The van der Waals surface area contributed by atoms with Gasteiger partial charge < -0.3 is 14.2 Å². The van der Waals surface area contributed by atoms with Crippen molar-refractivity contribution in [2.24, 2.45) is 0 Å². The average molecular weight is 340 g/mol.